The molecule has 0 bridgehead atoms. The topological polar surface area (TPSA) is 164 Å². The van der Waals surface area contributed by atoms with E-state index in [0.717, 1.165) is 44.6 Å². The number of thiol groups is 1. The molecule has 6 N–H and O–H groups in total. The van der Waals surface area contributed by atoms with Gasteiger partial charge >= 0.3 is 11.9 Å². The van der Waals surface area contributed by atoms with Crippen molar-refractivity contribution in [3.63, 3.8) is 0 Å². The number of carbonyl (C=O) groups is 4. The SMILES string of the molecule is C=CC1=C(C)[C@@H](Cc2[nH]c(=C\c3[nH]c(/C=C4\NC(=O)[C@H](C)[C@H]4[C@@H](C)S)c(C)c3CCC(=O)O)/c(=C/CC(=O)O)c2C)NC1=O. The summed E-state index contributed by atoms with van der Waals surface area (Å²) in [4.78, 5) is 54.8. The van der Waals surface area contributed by atoms with Gasteiger partial charge in [-0.15, -0.1) is 0 Å². The summed E-state index contributed by atoms with van der Waals surface area (Å²) in [6.45, 7) is 13.3. The molecule has 0 spiro atoms. The first kappa shape index (κ1) is 32.7. The summed E-state index contributed by atoms with van der Waals surface area (Å²) in [6, 6.07) is -0.240. The summed E-state index contributed by atoms with van der Waals surface area (Å²) in [6.07, 6.45) is 7.44. The molecule has 4 heterocycles. The van der Waals surface area contributed by atoms with Crippen molar-refractivity contribution in [3.05, 3.63) is 73.8 Å². The molecule has 0 radical (unpaired) electrons. The Labute approximate surface area is 261 Å². The summed E-state index contributed by atoms with van der Waals surface area (Å²) in [7, 11) is 0. The molecule has 2 aromatic heterocycles. The van der Waals surface area contributed by atoms with Gasteiger partial charge in [0.05, 0.1) is 12.5 Å². The number of carbonyl (C=O) groups excluding carboxylic acids is 2. The summed E-state index contributed by atoms with van der Waals surface area (Å²) >= 11 is 4.62. The number of amides is 2. The lowest BCUT2D eigenvalue weighted by Gasteiger charge is -2.17. The second-order valence-electron chi connectivity index (χ2n) is 11.6. The predicted octanol–water partition coefficient (Wildman–Crippen LogP) is 2.65. The van der Waals surface area contributed by atoms with Crippen LogP contribution < -0.4 is 21.2 Å². The molecule has 2 aliphatic rings. The van der Waals surface area contributed by atoms with Crippen molar-refractivity contribution in [3.8, 4) is 0 Å². The van der Waals surface area contributed by atoms with E-state index in [0.29, 0.717) is 23.0 Å². The summed E-state index contributed by atoms with van der Waals surface area (Å²) in [5.74, 6) is -2.48. The van der Waals surface area contributed by atoms with Crippen LogP contribution >= 0.6 is 12.6 Å². The molecule has 4 atom stereocenters. The number of hydrogen-bond acceptors (Lipinski definition) is 5. The maximum absolute atomic E-state index is 12.5. The Morgan fingerprint density at radius 3 is 2.34 bits per heavy atom. The minimum Gasteiger partial charge on any atom is -0.481 e. The van der Waals surface area contributed by atoms with Gasteiger partial charge in [-0.1, -0.05) is 32.6 Å². The molecule has 10 nitrogen and oxygen atoms in total. The molecule has 0 aromatic carbocycles. The van der Waals surface area contributed by atoms with Gasteiger partial charge in [-0.2, -0.15) is 12.6 Å². The Balaban J connectivity index is 1.86. The number of aromatic nitrogens is 2. The number of hydrogen-bond donors (Lipinski definition) is 7. The van der Waals surface area contributed by atoms with Crippen LogP contribution in [0.15, 0.2) is 29.5 Å². The highest BCUT2D eigenvalue weighted by Gasteiger charge is 2.37. The van der Waals surface area contributed by atoms with Crippen LogP contribution in [-0.2, 0) is 32.0 Å². The zero-order valence-electron chi connectivity index (χ0n) is 25.6. The van der Waals surface area contributed by atoms with E-state index < -0.39 is 11.9 Å². The minimum absolute atomic E-state index is 0.0682. The fraction of sp³-hybridized carbons (Fsp3) is 0.394. The van der Waals surface area contributed by atoms with E-state index >= 15 is 0 Å². The second kappa shape index (κ2) is 13.2. The molecule has 2 aromatic rings. The number of rotatable bonds is 11. The minimum atomic E-state index is -0.969. The number of aromatic amines is 2. The summed E-state index contributed by atoms with van der Waals surface area (Å²) in [5, 5.41) is 26.2. The lowest BCUT2D eigenvalue weighted by molar-refractivity contribution is -0.137. The quantitative estimate of drug-likeness (QED) is 0.191. The monoisotopic (exact) mass is 620 g/mol. The molecule has 4 rings (SSSR count). The van der Waals surface area contributed by atoms with E-state index in [1.54, 1.807) is 12.2 Å². The van der Waals surface area contributed by atoms with E-state index in [2.05, 4.69) is 39.8 Å². The van der Waals surface area contributed by atoms with E-state index in [1.807, 2.05) is 46.8 Å². The second-order valence-corrected chi connectivity index (χ2v) is 12.4. The van der Waals surface area contributed by atoms with Crippen LogP contribution in [0, 0.1) is 25.7 Å². The predicted molar refractivity (Wildman–Crippen MR) is 172 cm³/mol. The highest BCUT2D eigenvalue weighted by atomic mass is 32.1. The summed E-state index contributed by atoms with van der Waals surface area (Å²) < 4.78 is 0. The van der Waals surface area contributed by atoms with Crippen molar-refractivity contribution < 1.29 is 29.4 Å². The molecule has 11 heteroatoms. The van der Waals surface area contributed by atoms with Gasteiger partial charge in [-0.05, 0) is 66.8 Å². The molecule has 0 unspecified atom stereocenters. The Kier molecular flexibility index (Phi) is 9.78. The average molecular weight is 621 g/mol. The zero-order valence-corrected chi connectivity index (χ0v) is 26.5. The third-order valence-corrected chi connectivity index (χ3v) is 9.07. The van der Waals surface area contributed by atoms with Crippen LogP contribution in [0.2, 0.25) is 0 Å². The standard InChI is InChI=1S/C33H40N4O6S/c1-7-20-15(2)25(36-33(20)43)12-23-16(3)21(8-10-29(38)39)26(34-23)14-27-22(9-11-30(40)41)17(4)24(35-27)13-28-31(19(6)44)18(5)32(42)37-28/h7-8,13-14,18-19,25,31,34-35,44H,1,9-12H2,2-6H3,(H,36,43)(H,37,42)(H,38,39)(H,40,41)/b21-8+,26-14-,28-13-/t18-,19-,25-,31+/m1/s1. The van der Waals surface area contributed by atoms with Gasteiger partial charge in [0.1, 0.15) is 0 Å². The van der Waals surface area contributed by atoms with Gasteiger partial charge in [0.15, 0.2) is 0 Å². The van der Waals surface area contributed by atoms with Crippen LogP contribution in [0.3, 0.4) is 0 Å². The van der Waals surface area contributed by atoms with Gasteiger partial charge in [0.25, 0.3) is 5.91 Å². The average Bonchev–Trinajstić information content (AvgIpc) is 3.59. The highest BCUT2D eigenvalue weighted by molar-refractivity contribution is 7.80. The van der Waals surface area contributed by atoms with Gasteiger partial charge in [0.2, 0.25) is 5.91 Å². The third kappa shape index (κ3) is 6.62. The molecule has 1 saturated heterocycles. The number of allylic oxidation sites excluding steroid dienone is 1. The van der Waals surface area contributed by atoms with Crippen LogP contribution in [-0.4, -0.2) is 55.2 Å². The maximum Gasteiger partial charge on any atom is 0.307 e. The zero-order chi connectivity index (χ0) is 32.5. The highest BCUT2D eigenvalue weighted by Crippen LogP contribution is 2.34. The fourth-order valence-electron chi connectivity index (χ4n) is 6.21. The summed E-state index contributed by atoms with van der Waals surface area (Å²) in [5.41, 5.74) is 6.98. The number of carboxylic acids is 2. The first-order chi connectivity index (χ1) is 20.7. The lowest BCUT2D eigenvalue weighted by atomic mass is 9.91. The van der Waals surface area contributed by atoms with Crippen molar-refractivity contribution in [1.29, 1.82) is 0 Å². The van der Waals surface area contributed by atoms with E-state index in [-0.39, 0.29) is 54.2 Å². The van der Waals surface area contributed by atoms with Gasteiger partial charge in [-0.3, -0.25) is 19.2 Å². The van der Waals surface area contributed by atoms with Crippen molar-refractivity contribution >= 4 is 54.6 Å². The van der Waals surface area contributed by atoms with Crippen LogP contribution in [0.1, 0.15) is 67.4 Å². The molecule has 0 aliphatic carbocycles. The Morgan fingerprint density at radius 2 is 1.75 bits per heavy atom. The van der Waals surface area contributed by atoms with Crippen LogP contribution in [0.25, 0.3) is 18.2 Å². The van der Waals surface area contributed by atoms with Crippen LogP contribution in [0.4, 0.5) is 0 Å². The Morgan fingerprint density at radius 1 is 1.05 bits per heavy atom. The van der Waals surface area contributed by atoms with Gasteiger partial charge in [-0.25, -0.2) is 0 Å². The Bertz CT molecular complexity index is 1720. The van der Waals surface area contributed by atoms with Crippen LogP contribution in [0.5, 0.6) is 0 Å². The molecule has 44 heavy (non-hydrogen) atoms. The molecule has 2 aliphatic heterocycles. The van der Waals surface area contributed by atoms with E-state index in [9.17, 15) is 29.4 Å². The fourth-order valence-corrected chi connectivity index (χ4v) is 6.63. The molecular formula is C33H40N4O6S. The number of H-pyrrole nitrogens is 2. The molecule has 234 valence electrons. The van der Waals surface area contributed by atoms with Crippen molar-refractivity contribution in [1.82, 2.24) is 20.6 Å². The first-order valence-electron chi connectivity index (χ1n) is 14.6. The normalized spacial score (nSPS) is 22.6. The molecule has 2 amide bonds. The molecule has 0 saturated carbocycles. The Hall–Kier alpha value is -4.25. The smallest absolute Gasteiger partial charge is 0.307 e. The van der Waals surface area contributed by atoms with E-state index in [1.165, 1.54) is 0 Å². The number of nitrogens with one attached hydrogen (secondary N) is 4. The van der Waals surface area contributed by atoms with Gasteiger partial charge in [0, 0.05) is 63.6 Å². The third-order valence-electron chi connectivity index (χ3n) is 8.75. The van der Waals surface area contributed by atoms with E-state index in [4.69, 9.17) is 0 Å². The largest absolute Gasteiger partial charge is 0.481 e. The first-order valence-corrected chi connectivity index (χ1v) is 15.1. The molecular weight excluding hydrogens is 580 g/mol. The van der Waals surface area contributed by atoms with Crippen molar-refractivity contribution in [2.24, 2.45) is 11.8 Å². The van der Waals surface area contributed by atoms with Crippen molar-refractivity contribution in [2.75, 3.05) is 0 Å². The van der Waals surface area contributed by atoms with Crippen molar-refractivity contribution in [2.45, 2.75) is 71.6 Å². The number of aliphatic carboxylic acids is 2. The maximum atomic E-state index is 12.5. The van der Waals surface area contributed by atoms with Gasteiger partial charge < -0.3 is 30.8 Å². The number of carboxylic acid groups (broad SMARTS) is 2. The molecule has 1 fully saturated rings. The lowest BCUT2D eigenvalue weighted by Crippen LogP contribution is -2.30.